The highest BCUT2D eigenvalue weighted by Crippen LogP contribution is 2.19. The molecule has 0 saturated carbocycles. The van der Waals surface area contributed by atoms with Crippen LogP contribution in [0.4, 0.5) is 0 Å². The highest BCUT2D eigenvalue weighted by Gasteiger charge is 2.19. The molecule has 0 spiro atoms. The summed E-state index contributed by atoms with van der Waals surface area (Å²) in [4.78, 5) is 31.5. The van der Waals surface area contributed by atoms with Crippen LogP contribution in [0.1, 0.15) is 19.3 Å². The minimum atomic E-state index is -0.182. The number of benzene rings is 1. The van der Waals surface area contributed by atoms with Gasteiger partial charge in [-0.25, -0.2) is 4.98 Å². The van der Waals surface area contributed by atoms with Gasteiger partial charge in [-0.05, 0) is 25.5 Å². The lowest BCUT2D eigenvalue weighted by molar-refractivity contribution is -0.132. The van der Waals surface area contributed by atoms with Crippen molar-refractivity contribution in [3.05, 3.63) is 46.8 Å². The maximum absolute atomic E-state index is 12.6. The molecule has 0 unspecified atom stereocenters. The van der Waals surface area contributed by atoms with Gasteiger partial charge in [-0.1, -0.05) is 42.1 Å². The van der Waals surface area contributed by atoms with E-state index >= 15 is 0 Å². The molecule has 24 heavy (non-hydrogen) atoms. The summed E-state index contributed by atoms with van der Waals surface area (Å²) in [5, 5.41) is 0.576. The lowest BCUT2D eigenvalue weighted by Gasteiger charge is -2.27. The first-order chi connectivity index (χ1) is 11.7. The van der Waals surface area contributed by atoms with Crippen molar-refractivity contribution in [2.24, 2.45) is 0 Å². The summed E-state index contributed by atoms with van der Waals surface area (Å²) in [6.07, 6.45) is 5.13. The second-order valence-electron chi connectivity index (χ2n) is 5.86. The Hall–Kier alpha value is -2.08. The number of hydrogen-bond donors (Lipinski definition) is 0. The van der Waals surface area contributed by atoms with Gasteiger partial charge in [0.25, 0.3) is 5.56 Å². The molecular formula is C18H21N3O2S. The molecule has 1 aliphatic heterocycles. The van der Waals surface area contributed by atoms with E-state index in [2.05, 4.69) is 4.98 Å². The van der Waals surface area contributed by atoms with Crippen LogP contribution < -0.4 is 5.56 Å². The van der Waals surface area contributed by atoms with E-state index in [0.717, 1.165) is 31.5 Å². The molecule has 0 N–H and O–H groups in total. The van der Waals surface area contributed by atoms with Crippen LogP contribution in [-0.2, 0) is 11.3 Å². The minimum absolute atomic E-state index is 0.00126. The first-order valence-corrected chi connectivity index (χ1v) is 9.40. The Morgan fingerprint density at radius 2 is 1.88 bits per heavy atom. The van der Waals surface area contributed by atoms with Crippen LogP contribution in [0.15, 0.2) is 46.3 Å². The van der Waals surface area contributed by atoms with Crippen LogP contribution in [0.25, 0.3) is 11.3 Å². The SMILES string of the molecule is CSc1nc(-c2ccccc2)cc(=O)n1CC(=O)N1CCCCC1. The van der Waals surface area contributed by atoms with Gasteiger partial charge in [0.1, 0.15) is 6.54 Å². The fraction of sp³-hybridized carbons (Fsp3) is 0.389. The Labute approximate surface area is 145 Å². The predicted octanol–water partition coefficient (Wildman–Crippen LogP) is 2.64. The number of rotatable bonds is 4. The molecule has 0 atom stereocenters. The van der Waals surface area contributed by atoms with Gasteiger partial charge in [0.2, 0.25) is 5.91 Å². The molecule has 6 heteroatoms. The third-order valence-electron chi connectivity index (χ3n) is 4.23. The van der Waals surface area contributed by atoms with E-state index in [1.807, 2.05) is 41.5 Å². The molecule has 1 fully saturated rings. The standard InChI is InChI=1S/C18H21N3O2S/c1-24-18-19-15(14-8-4-2-5-9-14)12-16(22)21(18)13-17(23)20-10-6-3-7-11-20/h2,4-5,8-9,12H,3,6-7,10-11,13H2,1H3. The third-order valence-corrected chi connectivity index (χ3v) is 4.90. The van der Waals surface area contributed by atoms with Gasteiger partial charge in [0.05, 0.1) is 5.69 Å². The molecule has 3 rings (SSSR count). The molecule has 2 heterocycles. The molecule has 5 nitrogen and oxygen atoms in total. The zero-order valence-electron chi connectivity index (χ0n) is 13.8. The summed E-state index contributed by atoms with van der Waals surface area (Å²) in [5.74, 6) is 0.00126. The Bertz CT molecular complexity index is 768. The number of likely N-dealkylation sites (tertiary alicyclic amines) is 1. The summed E-state index contributed by atoms with van der Waals surface area (Å²) in [5.41, 5.74) is 1.37. The second-order valence-corrected chi connectivity index (χ2v) is 6.63. The van der Waals surface area contributed by atoms with Crippen molar-refractivity contribution in [2.75, 3.05) is 19.3 Å². The Kier molecular flexibility index (Phi) is 5.35. The van der Waals surface area contributed by atoms with E-state index in [9.17, 15) is 9.59 Å². The quantitative estimate of drug-likeness (QED) is 0.633. The zero-order valence-corrected chi connectivity index (χ0v) is 14.6. The van der Waals surface area contributed by atoms with Crippen molar-refractivity contribution in [2.45, 2.75) is 31.0 Å². The van der Waals surface area contributed by atoms with Crippen molar-refractivity contribution in [1.82, 2.24) is 14.5 Å². The summed E-state index contributed by atoms with van der Waals surface area (Å²) in [6, 6.07) is 11.1. The van der Waals surface area contributed by atoms with E-state index in [1.54, 1.807) is 0 Å². The van der Waals surface area contributed by atoms with E-state index in [1.165, 1.54) is 28.8 Å². The highest BCUT2D eigenvalue weighted by molar-refractivity contribution is 7.98. The normalized spacial score (nSPS) is 14.6. The number of hydrogen-bond acceptors (Lipinski definition) is 4. The summed E-state index contributed by atoms with van der Waals surface area (Å²) in [6.45, 7) is 1.65. The van der Waals surface area contributed by atoms with Gasteiger partial charge in [-0.2, -0.15) is 0 Å². The lowest BCUT2D eigenvalue weighted by atomic mass is 10.1. The van der Waals surface area contributed by atoms with Crippen LogP contribution in [0.2, 0.25) is 0 Å². The first kappa shape index (κ1) is 16.8. The average molecular weight is 343 g/mol. The van der Waals surface area contributed by atoms with Crippen LogP contribution >= 0.6 is 11.8 Å². The number of carbonyl (C=O) groups excluding carboxylic acids is 1. The predicted molar refractivity (Wildman–Crippen MR) is 96.1 cm³/mol. The Morgan fingerprint density at radius 1 is 1.17 bits per heavy atom. The number of amides is 1. The third kappa shape index (κ3) is 3.70. The molecule has 126 valence electrons. The number of thioether (sulfide) groups is 1. The van der Waals surface area contributed by atoms with Crippen molar-refractivity contribution in [3.63, 3.8) is 0 Å². The number of aromatic nitrogens is 2. The fourth-order valence-corrected chi connectivity index (χ4v) is 3.49. The van der Waals surface area contributed by atoms with Gasteiger partial charge < -0.3 is 4.90 Å². The molecule has 2 aromatic rings. The Balaban J connectivity index is 1.88. The maximum atomic E-state index is 12.6. The van der Waals surface area contributed by atoms with E-state index in [0.29, 0.717) is 10.9 Å². The molecule has 1 amide bonds. The van der Waals surface area contributed by atoms with Crippen molar-refractivity contribution < 1.29 is 4.79 Å². The smallest absolute Gasteiger partial charge is 0.255 e. The maximum Gasteiger partial charge on any atom is 0.255 e. The number of piperidine rings is 1. The van der Waals surface area contributed by atoms with Crippen molar-refractivity contribution in [1.29, 1.82) is 0 Å². The Morgan fingerprint density at radius 3 is 2.54 bits per heavy atom. The summed E-state index contributed by atoms with van der Waals surface area (Å²) < 4.78 is 1.48. The minimum Gasteiger partial charge on any atom is -0.341 e. The largest absolute Gasteiger partial charge is 0.341 e. The lowest BCUT2D eigenvalue weighted by Crippen LogP contribution is -2.40. The summed E-state index contributed by atoms with van der Waals surface area (Å²) in [7, 11) is 0. The van der Waals surface area contributed by atoms with Gasteiger partial charge >= 0.3 is 0 Å². The summed E-state index contributed by atoms with van der Waals surface area (Å²) >= 11 is 1.39. The molecular weight excluding hydrogens is 322 g/mol. The average Bonchev–Trinajstić information content (AvgIpc) is 2.64. The second kappa shape index (κ2) is 7.66. The number of nitrogens with zero attached hydrogens (tertiary/aromatic N) is 3. The topological polar surface area (TPSA) is 55.2 Å². The van der Waals surface area contributed by atoms with Crippen LogP contribution in [0.3, 0.4) is 0 Å². The molecule has 0 radical (unpaired) electrons. The van der Waals surface area contributed by atoms with Gasteiger partial charge in [-0.15, -0.1) is 0 Å². The van der Waals surface area contributed by atoms with E-state index < -0.39 is 0 Å². The molecule has 1 aromatic carbocycles. The highest BCUT2D eigenvalue weighted by atomic mass is 32.2. The van der Waals surface area contributed by atoms with Gasteiger partial charge in [0.15, 0.2) is 5.16 Å². The number of carbonyl (C=O) groups is 1. The first-order valence-electron chi connectivity index (χ1n) is 8.18. The van der Waals surface area contributed by atoms with Crippen LogP contribution in [0.5, 0.6) is 0 Å². The van der Waals surface area contributed by atoms with Crippen LogP contribution in [-0.4, -0.2) is 39.7 Å². The van der Waals surface area contributed by atoms with Crippen molar-refractivity contribution in [3.8, 4) is 11.3 Å². The molecule has 1 aromatic heterocycles. The van der Waals surface area contributed by atoms with Crippen molar-refractivity contribution >= 4 is 17.7 Å². The molecule has 0 aliphatic carbocycles. The molecule has 1 aliphatic rings. The zero-order chi connectivity index (χ0) is 16.9. The van der Waals surface area contributed by atoms with Gasteiger partial charge in [-0.3, -0.25) is 14.2 Å². The van der Waals surface area contributed by atoms with Crippen LogP contribution in [0, 0.1) is 0 Å². The molecule has 0 bridgehead atoms. The van der Waals surface area contributed by atoms with E-state index in [-0.39, 0.29) is 18.0 Å². The van der Waals surface area contributed by atoms with E-state index in [4.69, 9.17) is 0 Å². The fourth-order valence-electron chi connectivity index (χ4n) is 2.92. The van der Waals surface area contributed by atoms with Gasteiger partial charge in [0, 0.05) is 24.7 Å². The monoisotopic (exact) mass is 343 g/mol. The molecule has 1 saturated heterocycles.